The van der Waals surface area contributed by atoms with Gasteiger partial charge in [-0.1, -0.05) is 24.9 Å². The van der Waals surface area contributed by atoms with Crippen LogP contribution in [-0.4, -0.2) is 12.1 Å². The third-order valence-electron chi connectivity index (χ3n) is 3.53. The van der Waals surface area contributed by atoms with E-state index in [4.69, 9.17) is 22.1 Å². The molecule has 1 saturated carbocycles. The van der Waals surface area contributed by atoms with E-state index in [9.17, 15) is 4.79 Å². The normalized spacial score (nSPS) is 23.7. The Balaban J connectivity index is 2.09. The summed E-state index contributed by atoms with van der Waals surface area (Å²) < 4.78 is 5.55. The highest BCUT2D eigenvalue weighted by Crippen LogP contribution is 2.28. The van der Waals surface area contributed by atoms with Crippen LogP contribution in [0.15, 0.2) is 18.2 Å². The summed E-state index contributed by atoms with van der Waals surface area (Å²) in [7, 11) is 0. The van der Waals surface area contributed by atoms with Crippen molar-refractivity contribution in [3.05, 3.63) is 28.8 Å². The van der Waals surface area contributed by atoms with E-state index >= 15 is 0 Å². The number of nitrogen functional groups attached to an aromatic ring is 1. The van der Waals surface area contributed by atoms with Crippen LogP contribution in [0.1, 0.15) is 43.0 Å². The fraction of sp³-hybridized carbons (Fsp3) is 0.500. The number of hydrogen-bond donors (Lipinski definition) is 1. The van der Waals surface area contributed by atoms with Crippen LogP contribution < -0.4 is 5.73 Å². The van der Waals surface area contributed by atoms with Gasteiger partial charge in [0.1, 0.15) is 6.10 Å². The van der Waals surface area contributed by atoms with E-state index < -0.39 is 0 Å². The van der Waals surface area contributed by atoms with E-state index in [-0.39, 0.29) is 12.1 Å². The van der Waals surface area contributed by atoms with Crippen molar-refractivity contribution in [2.75, 3.05) is 5.73 Å². The molecule has 0 bridgehead atoms. The number of ether oxygens (including phenoxy) is 1. The SMILES string of the molecule is CC1CCCCC1OC(=O)c1cc(Cl)ccc1N. The van der Waals surface area contributed by atoms with Crippen molar-refractivity contribution in [1.82, 2.24) is 0 Å². The van der Waals surface area contributed by atoms with Crippen LogP contribution in [0.5, 0.6) is 0 Å². The lowest BCUT2D eigenvalue weighted by Gasteiger charge is -2.28. The molecule has 0 heterocycles. The third-order valence-corrected chi connectivity index (χ3v) is 3.76. The number of esters is 1. The number of benzene rings is 1. The highest BCUT2D eigenvalue weighted by molar-refractivity contribution is 6.31. The first-order valence-corrected chi connectivity index (χ1v) is 6.71. The van der Waals surface area contributed by atoms with Crippen molar-refractivity contribution in [2.45, 2.75) is 38.7 Å². The molecule has 0 saturated heterocycles. The standard InChI is InChI=1S/C14H18ClNO2/c1-9-4-2-3-5-13(9)18-14(17)11-8-10(15)6-7-12(11)16/h6-9,13H,2-5,16H2,1H3. The number of rotatable bonds is 2. The highest BCUT2D eigenvalue weighted by Gasteiger charge is 2.26. The van der Waals surface area contributed by atoms with Gasteiger partial charge in [0, 0.05) is 10.7 Å². The Bertz CT molecular complexity index is 447. The molecule has 2 atom stereocenters. The minimum absolute atomic E-state index is 0.00429. The van der Waals surface area contributed by atoms with Gasteiger partial charge in [0.2, 0.25) is 0 Å². The second-order valence-corrected chi connectivity index (χ2v) is 5.37. The van der Waals surface area contributed by atoms with Crippen LogP contribution >= 0.6 is 11.6 Å². The third kappa shape index (κ3) is 2.96. The van der Waals surface area contributed by atoms with E-state index in [1.165, 1.54) is 6.42 Å². The Morgan fingerprint density at radius 2 is 2.11 bits per heavy atom. The van der Waals surface area contributed by atoms with Crippen molar-refractivity contribution in [1.29, 1.82) is 0 Å². The fourth-order valence-electron chi connectivity index (χ4n) is 2.36. The smallest absolute Gasteiger partial charge is 0.340 e. The van der Waals surface area contributed by atoms with Crippen molar-refractivity contribution in [3.63, 3.8) is 0 Å². The molecule has 4 heteroatoms. The number of carbonyl (C=O) groups excluding carboxylic acids is 1. The van der Waals surface area contributed by atoms with Gasteiger partial charge in [-0.2, -0.15) is 0 Å². The fourth-order valence-corrected chi connectivity index (χ4v) is 2.54. The molecule has 0 aromatic heterocycles. The maximum absolute atomic E-state index is 12.1. The van der Waals surface area contributed by atoms with Gasteiger partial charge in [0.05, 0.1) is 5.56 Å². The quantitative estimate of drug-likeness (QED) is 0.657. The Morgan fingerprint density at radius 1 is 1.39 bits per heavy atom. The molecular weight excluding hydrogens is 250 g/mol. The van der Waals surface area contributed by atoms with Crippen molar-refractivity contribution < 1.29 is 9.53 Å². The van der Waals surface area contributed by atoms with Crippen LogP contribution in [-0.2, 0) is 4.74 Å². The van der Waals surface area contributed by atoms with E-state index in [0.29, 0.717) is 22.2 Å². The van der Waals surface area contributed by atoms with Gasteiger partial charge in [0.15, 0.2) is 0 Å². The maximum Gasteiger partial charge on any atom is 0.340 e. The zero-order valence-corrected chi connectivity index (χ0v) is 11.2. The van der Waals surface area contributed by atoms with Crippen molar-refractivity contribution in [3.8, 4) is 0 Å². The molecule has 0 spiro atoms. The van der Waals surface area contributed by atoms with E-state index in [1.54, 1.807) is 18.2 Å². The molecule has 2 rings (SSSR count). The molecular formula is C14H18ClNO2. The average molecular weight is 268 g/mol. The zero-order valence-electron chi connectivity index (χ0n) is 10.5. The molecule has 2 N–H and O–H groups in total. The Morgan fingerprint density at radius 3 is 2.83 bits per heavy atom. The Labute approximate surface area is 112 Å². The summed E-state index contributed by atoms with van der Waals surface area (Å²) in [6.07, 6.45) is 4.39. The summed E-state index contributed by atoms with van der Waals surface area (Å²) in [5.41, 5.74) is 6.54. The lowest BCUT2D eigenvalue weighted by molar-refractivity contribution is 0.00493. The van der Waals surface area contributed by atoms with E-state index in [0.717, 1.165) is 19.3 Å². The molecule has 0 radical (unpaired) electrons. The number of nitrogens with two attached hydrogens (primary N) is 1. The van der Waals surface area contributed by atoms with Gasteiger partial charge in [-0.05, 0) is 43.4 Å². The van der Waals surface area contributed by atoms with Gasteiger partial charge in [0.25, 0.3) is 0 Å². The number of carbonyl (C=O) groups is 1. The van der Waals surface area contributed by atoms with E-state index in [1.807, 2.05) is 0 Å². The number of hydrogen-bond acceptors (Lipinski definition) is 3. The molecule has 2 unspecified atom stereocenters. The van der Waals surface area contributed by atoms with Gasteiger partial charge in [-0.25, -0.2) is 4.79 Å². The largest absolute Gasteiger partial charge is 0.458 e. The first-order valence-electron chi connectivity index (χ1n) is 6.34. The molecule has 1 aliphatic rings. The first-order chi connectivity index (χ1) is 8.58. The average Bonchev–Trinajstić information content (AvgIpc) is 2.35. The van der Waals surface area contributed by atoms with Crippen LogP contribution in [0.25, 0.3) is 0 Å². The second kappa shape index (κ2) is 5.61. The number of halogens is 1. The van der Waals surface area contributed by atoms with Crippen LogP contribution in [0.2, 0.25) is 5.02 Å². The molecule has 0 amide bonds. The second-order valence-electron chi connectivity index (χ2n) is 4.94. The van der Waals surface area contributed by atoms with Crippen molar-refractivity contribution in [2.24, 2.45) is 5.92 Å². The van der Waals surface area contributed by atoms with E-state index in [2.05, 4.69) is 6.92 Å². The summed E-state index contributed by atoms with van der Waals surface area (Å²) in [4.78, 5) is 12.1. The monoisotopic (exact) mass is 267 g/mol. The lowest BCUT2D eigenvalue weighted by Crippen LogP contribution is -2.28. The van der Waals surface area contributed by atoms with Crippen molar-refractivity contribution >= 4 is 23.3 Å². The number of anilines is 1. The predicted molar refractivity (Wildman–Crippen MR) is 72.7 cm³/mol. The molecule has 1 aromatic carbocycles. The molecule has 1 aliphatic carbocycles. The van der Waals surface area contributed by atoms with Gasteiger partial charge in [-0.15, -0.1) is 0 Å². The van der Waals surface area contributed by atoms with Gasteiger partial charge >= 0.3 is 5.97 Å². The summed E-state index contributed by atoms with van der Waals surface area (Å²) in [6.45, 7) is 2.12. The zero-order chi connectivity index (χ0) is 13.1. The molecule has 1 fully saturated rings. The van der Waals surface area contributed by atoms with Gasteiger partial charge in [-0.3, -0.25) is 0 Å². The summed E-state index contributed by atoms with van der Waals surface area (Å²) >= 11 is 5.87. The maximum atomic E-state index is 12.1. The summed E-state index contributed by atoms with van der Waals surface area (Å²) in [5.74, 6) is 0.0526. The molecule has 98 valence electrons. The Kier molecular flexibility index (Phi) is 4.12. The Hall–Kier alpha value is -1.22. The topological polar surface area (TPSA) is 52.3 Å². The minimum Gasteiger partial charge on any atom is -0.458 e. The van der Waals surface area contributed by atoms with Gasteiger partial charge < -0.3 is 10.5 Å². The lowest BCUT2D eigenvalue weighted by atomic mass is 9.88. The minimum atomic E-state index is -0.367. The van der Waals surface area contributed by atoms with Crippen LogP contribution in [0.4, 0.5) is 5.69 Å². The van der Waals surface area contributed by atoms with Crippen LogP contribution in [0.3, 0.4) is 0 Å². The molecule has 0 aliphatic heterocycles. The predicted octanol–water partition coefficient (Wildman–Crippen LogP) is 3.66. The first kappa shape index (κ1) is 13.2. The molecule has 1 aromatic rings. The summed E-state index contributed by atoms with van der Waals surface area (Å²) in [6, 6.07) is 4.85. The molecule has 18 heavy (non-hydrogen) atoms. The summed E-state index contributed by atoms with van der Waals surface area (Å²) in [5, 5.41) is 0.493. The highest BCUT2D eigenvalue weighted by atomic mass is 35.5. The molecule has 3 nitrogen and oxygen atoms in total. The van der Waals surface area contributed by atoms with Crippen LogP contribution in [0, 0.1) is 5.92 Å².